The highest BCUT2D eigenvalue weighted by atomic mass is 16.5. The predicted molar refractivity (Wildman–Crippen MR) is 173 cm³/mol. The number of hydrogen-bond donors (Lipinski definition) is 0. The number of ether oxygens (including phenoxy) is 4. The second kappa shape index (κ2) is 13.8. The maximum absolute atomic E-state index is 11.9. The molecule has 0 radical (unpaired) electrons. The van der Waals surface area contributed by atoms with Gasteiger partial charge in [0.2, 0.25) is 0 Å². The van der Waals surface area contributed by atoms with Crippen LogP contribution in [0.3, 0.4) is 0 Å². The van der Waals surface area contributed by atoms with Gasteiger partial charge in [-0.05, 0) is 160 Å². The minimum atomic E-state index is -0.276. The fourth-order valence-corrected chi connectivity index (χ4v) is 12.4. The van der Waals surface area contributed by atoms with Gasteiger partial charge >= 0.3 is 11.9 Å². The number of rotatable bonds is 14. The van der Waals surface area contributed by atoms with Crippen LogP contribution in [-0.2, 0) is 28.5 Å². The van der Waals surface area contributed by atoms with Gasteiger partial charge in [0.05, 0.1) is 13.2 Å². The molecular formula is C39H58O6. The van der Waals surface area contributed by atoms with Gasteiger partial charge in [0.15, 0.2) is 0 Å². The molecule has 0 aromatic carbocycles. The molecule has 7 saturated carbocycles. The van der Waals surface area contributed by atoms with E-state index in [0.29, 0.717) is 54.3 Å². The van der Waals surface area contributed by atoms with Crippen LogP contribution < -0.4 is 0 Å². The standard InChI is InChI=1S/C39H58O6/c1-4-38(40)44-21-30-13-28-15-34(30)36-11-26(9-32(28)36)19-42-17-24-6-5-7-25(8-24)18-43-20-27-10-33-29-14-31(22-45-39(41)23(2)3)35(16-29)37(33)12-27/h4,24-37H,1-2,5-22H2,3H3. The van der Waals surface area contributed by atoms with Crippen molar-refractivity contribution < 1.29 is 28.5 Å². The smallest absolute Gasteiger partial charge is 0.333 e. The Morgan fingerprint density at radius 1 is 0.600 bits per heavy atom. The van der Waals surface area contributed by atoms with Crippen molar-refractivity contribution >= 4 is 11.9 Å². The number of carbonyl (C=O) groups excluding carboxylic acids is 2. The third-order valence-electron chi connectivity index (χ3n) is 14.1. The summed E-state index contributed by atoms with van der Waals surface area (Å²) in [6, 6.07) is 0. The molecule has 7 aliphatic rings. The van der Waals surface area contributed by atoms with Gasteiger partial charge in [0.1, 0.15) is 0 Å². The van der Waals surface area contributed by atoms with Crippen molar-refractivity contribution in [2.24, 2.45) is 82.9 Å². The molecule has 0 spiro atoms. The minimum absolute atomic E-state index is 0.229. The van der Waals surface area contributed by atoms with E-state index in [9.17, 15) is 9.59 Å². The molecule has 0 amide bonds. The highest BCUT2D eigenvalue weighted by Gasteiger charge is 2.57. The first-order valence-electron chi connectivity index (χ1n) is 18.6. The van der Waals surface area contributed by atoms with Gasteiger partial charge in [-0.25, -0.2) is 9.59 Å². The van der Waals surface area contributed by atoms with Crippen LogP contribution in [0.5, 0.6) is 0 Å². The lowest BCUT2D eigenvalue weighted by atomic mass is 9.76. The fourth-order valence-electron chi connectivity index (χ4n) is 12.4. The Morgan fingerprint density at radius 2 is 1.09 bits per heavy atom. The van der Waals surface area contributed by atoms with Crippen LogP contribution in [0.1, 0.15) is 84.0 Å². The molecule has 14 atom stereocenters. The second-order valence-electron chi connectivity index (χ2n) is 16.8. The summed E-state index contributed by atoms with van der Waals surface area (Å²) < 4.78 is 23.9. The van der Waals surface area contributed by atoms with Crippen molar-refractivity contribution in [3.05, 3.63) is 24.8 Å². The largest absolute Gasteiger partial charge is 0.462 e. The van der Waals surface area contributed by atoms with Gasteiger partial charge in [-0.15, -0.1) is 0 Å². The van der Waals surface area contributed by atoms with E-state index in [2.05, 4.69) is 13.2 Å². The first-order valence-corrected chi connectivity index (χ1v) is 18.6. The average Bonchev–Trinajstić information content (AvgIpc) is 3.87. The Hall–Kier alpha value is -1.66. The number of esters is 2. The van der Waals surface area contributed by atoms with Crippen LogP contribution in [0.25, 0.3) is 0 Å². The van der Waals surface area contributed by atoms with Crippen molar-refractivity contribution in [2.45, 2.75) is 84.0 Å². The summed E-state index contributed by atoms with van der Waals surface area (Å²) in [5.74, 6) is 9.97. The summed E-state index contributed by atoms with van der Waals surface area (Å²) in [6.45, 7) is 13.9. The SMILES string of the molecule is C=CC(=O)OCC1CC2CC1C1CC(COCC3CCCC(COCC4CC5C6CC(COC(=O)C(=C)C)C(C6)C5C4)C3)CC21. The molecule has 0 aromatic heterocycles. The van der Waals surface area contributed by atoms with E-state index < -0.39 is 0 Å². The van der Waals surface area contributed by atoms with Crippen LogP contribution in [0.4, 0.5) is 0 Å². The van der Waals surface area contributed by atoms with Gasteiger partial charge in [-0.2, -0.15) is 0 Å². The average molecular weight is 623 g/mol. The molecule has 0 heterocycles. The zero-order chi connectivity index (χ0) is 31.1. The maximum Gasteiger partial charge on any atom is 0.333 e. The van der Waals surface area contributed by atoms with Gasteiger partial charge < -0.3 is 18.9 Å². The van der Waals surface area contributed by atoms with Crippen molar-refractivity contribution in [3.63, 3.8) is 0 Å². The lowest BCUT2D eigenvalue weighted by molar-refractivity contribution is -0.141. The first-order chi connectivity index (χ1) is 21.9. The molecule has 0 saturated heterocycles. The van der Waals surface area contributed by atoms with Crippen LogP contribution in [0.2, 0.25) is 0 Å². The fraction of sp³-hybridized carbons (Fsp3) is 0.846. The Morgan fingerprint density at radius 3 is 1.60 bits per heavy atom. The number of fused-ring (bicyclic) bond motifs is 10. The Kier molecular flexibility index (Phi) is 9.81. The molecule has 7 aliphatic carbocycles. The van der Waals surface area contributed by atoms with E-state index in [1.54, 1.807) is 6.92 Å². The van der Waals surface area contributed by atoms with Crippen LogP contribution in [0, 0.1) is 82.9 Å². The molecule has 6 nitrogen and oxygen atoms in total. The van der Waals surface area contributed by atoms with E-state index in [4.69, 9.17) is 18.9 Å². The summed E-state index contributed by atoms with van der Waals surface area (Å²) in [7, 11) is 0. The molecule has 0 aliphatic heterocycles. The molecule has 4 bridgehead atoms. The molecule has 45 heavy (non-hydrogen) atoms. The van der Waals surface area contributed by atoms with Crippen molar-refractivity contribution in [1.82, 2.24) is 0 Å². The number of hydrogen-bond acceptors (Lipinski definition) is 6. The Bertz CT molecular complexity index is 1100. The third-order valence-corrected chi connectivity index (χ3v) is 14.1. The quantitative estimate of drug-likeness (QED) is 0.150. The summed E-state index contributed by atoms with van der Waals surface area (Å²) in [4.78, 5) is 23.5. The monoisotopic (exact) mass is 622 g/mol. The van der Waals surface area contributed by atoms with E-state index in [1.807, 2.05) is 0 Å². The van der Waals surface area contributed by atoms with E-state index in [0.717, 1.165) is 73.8 Å². The van der Waals surface area contributed by atoms with Gasteiger partial charge in [0, 0.05) is 38.1 Å². The zero-order valence-corrected chi connectivity index (χ0v) is 27.8. The first kappa shape index (κ1) is 31.9. The summed E-state index contributed by atoms with van der Waals surface area (Å²) >= 11 is 0. The van der Waals surface area contributed by atoms with E-state index in [1.165, 1.54) is 83.1 Å². The number of carbonyl (C=O) groups is 2. The van der Waals surface area contributed by atoms with Gasteiger partial charge in [-0.3, -0.25) is 0 Å². The maximum atomic E-state index is 11.9. The van der Waals surface area contributed by atoms with Crippen LogP contribution >= 0.6 is 0 Å². The molecule has 6 heteroatoms. The van der Waals surface area contributed by atoms with E-state index >= 15 is 0 Å². The normalized spacial score (nSPS) is 44.1. The third kappa shape index (κ3) is 6.84. The molecule has 7 fully saturated rings. The molecule has 250 valence electrons. The van der Waals surface area contributed by atoms with E-state index in [-0.39, 0.29) is 11.9 Å². The minimum Gasteiger partial charge on any atom is -0.462 e. The van der Waals surface area contributed by atoms with Crippen LogP contribution in [0.15, 0.2) is 24.8 Å². The molecular weight excluding hydrogens is 564 g/mol. The van der Waals surface area contributed by atoms with Gasteiger partial charge in [0.25, 0.3) is 0 Å². The van der Waals surface area contributed by atoms with Crippen molar-refractivity contribution in [2.75, 3.05) is 39.6 Å². The molecule has 14 unspecified atom stereocenters. The lowest BCUT2D eigenvalue weighted by Gasteiger charge is -2.31. The Balaban J connectivity index is 0.773. The molecule has 0 N–H and O–H groups in total. The topological polar surface area (TPSA) is 71.1 Å². The van der Waals surface area contributed by atoms with Crippen molar-refractivity contribution in [3.8, 4) is 0 Å². The lowest BCUT2D eigenvalue weighted by Crippen LogP contribution is -2.28. The van der Waals surface area contributed by atoms with Crippen molar-refractivity contribution in [1.29, 1.82) is 0 Å². The highest BCUT2D eigenvalue weighted by molar-refractivity contribution is 5.86. The summed E-state index contributed by atoms with van der Waals surface area (Å²) in [6.07, 6.45) is 17.0. The molecule has 7 rings (SSSR count). The summed E-state index contributed by atoms with van der Waals surface area (Å²) in [5.41, 5.74) is 0.505. The zero-order valence-electron chi connectivity index (χ0n) is 27.8. The molecule has 0 aromatic rings. The predicted octanol–water partition coefficient (Wildman–Crippen LogP) is 7.27. The second-order valence-corrected chi connectivity index (χ2v) is 16.8. The van der Waals surface area contributed by atoms with Crippen LogP contribution in [-0.4, -0.2) is 51.6 Å². The summed E-state index contributed by atoms with van der Waals surface area (Å²) in [5, 5.41) is 0. The highest BCUT2D eigenvalue weighted by Crippen LogP contribution is 2.63. The Labute approximate surface area is 271 Å². The van der Waals surface area contributed by atoms with Gasteiger partial charge in [-0.1, -0.05) is 19.6 Å².